The van der Waals surface area contributed by atoms with Crippen molar-refractivity contribution >= 4 is 29.1 Å². The highest BCUT2D eigenvalue weighted by atomic mass is 16.3. The Bertz CT molecular complexity index is 1150. The summed E-state index contributed by atoms with van der Waals surface area (Å²) >= 11 is 0. The van der Waals surface area contributed by atoms with Crippen molar-refractivity contribution in [1.29, 1.82) is 0 Å². The molecule has 0 aliphatic carbocycles. The van der Waals surface area contributed by atoms with E-state index in [-0.39, 0.29) is 0 Å². The molecular weight excluding hydrogens is 342 g/mol. The van der Waals surface area contributed by atoms with Crippen LogP contribution >= 0.6 is 0 Å². The number of nitroso groups, excluding NO2 is 1. The molecule has 2 aromatic heterocycles. The number of hydrogen-bond acceptors (Lipinski definition) is 6. The first-order chi connectivity index (χ1) is 13.2. The van der Waals surface area contributed by atoms with Crippen LogP contribution in [0.25, 0.3) is 16.9 Å². The number of aryl methyl sites for hydroxylation is 1. The number of hydrogen-bond donors (Lipinski definition) is 1. The third-order valence-corrected chi connectivity index (χ3v) is 4.36. The number of rotatable bonds is 5. The lowest BCUT2D eigenvalue weighted by Crippen LogP contribution is -1.99. The maximum atomic E-state index is 11.0. The zero-order valence-corrected chi connectivity index (χ0v) is 14.5. The quantitative estimate of drug-likeness (QED) is 0.414. The van der Waals surface area contributed by atoms with E-state index in [1.165, 1.54) is 0 Å². The van der Waals surface area contributed by atoms with Crippen molar-refractivity contribution in [2.24, 2.45) is 5.18 Å². The molecular formula is C20H15N5O2. The standard InChI is InChI=1S/C20H15N5O2/c1-13-10-17(7-4-15(13)12-26)23-19-20-22-11-18(25(20)9-8-21-19)14-2-5-16(24-27)6-3-14/h2-12H,1H3,(H,21,23). The molecule has 0 radical (unpaired) electrons. The van der Waals surface area contributed by atoms with Gasteiger partial charge in [-0.3, -0.25) is 9.20 Å². The summed E-state index contributed by atoms with van der Waals surface area (Å²) in [7, 11) is 0. The van der Waals surface area contributed by atoms with Gasteiger partial charge in [-0.2, -0.15) is 0 Å². The van der Waals surface area contributed by atoms with Crippen LogP contribution in [-0.4, -0.2) is 20.7 Å². The molecule has 4 aromatic rings. The molecule has 0 unspecified atom stereocenters. The SMILES string of the molecule is Cc1cc(Nc2nccn3c(-c4ccc(N=O)cc4)cnc23)ccc1C=O. The Morgan fingerprint density at radius 3 is 2.63 bits per heavy atom. The van der Waals surface area contributed by atoms with Gasteiger partial charge in [0.1, 0.15) is 12.0 Å². The Morgan fingerprint density at radius 2 is 1.93 bits per heavy atom. The van der Waals surface area contributed by atoms with Gasteiger partial charge in [0, 0.05) is 29.2 Å². The highest BCUT2D eigenvalue weighted by Crippen LogP contribution is 2.27. The second-order valence-electron chi connectivity index (χ2n) is 6.07. The van der Waals surface area contributed by atoms with E-state index in [0.29, 0.717) is 22.7 Å². The van der Waals surface area contributed by atoms with Crippen LogP contribution in [0.3, 0.4) is 0 Å². The third kappa shape index (κ3) is 3.06. The molecule has 1 N–H and O–H groups in total. The number of nitrogens with zero attached hydrogens (tertiary/aromatic N) is 4. The minimum absolute atomic E-state index is 0.380. The summed E-state index contributed by atoms with van der Waals surface area (Å²) in [6, 6.07) is 12.5. The number of fused-ring (bicyclic) bond motifs is 1. The summed E-state index contributed by atoms with van der Waals surface area (Å²) < 4.78 is 1.92. The number of carbonyl (C=O) groups is 1. The van der Waals surface area contributed by atoms with Crippen LogP contribution in [0, 0.1) is 11.8 Å². The highest BCUT2D eigenvalue weighted by Gasteiger charge is 2.11. The van der Waals surface area contributed by atoms with E-state index in [1.807, 2.05) is 41.8 Å². The average molecular weight is 357 g/mol. The molecule has 0 atom stereocenters. The molecule has 132 valence electrons. The van der Waals surface area contributed by atoms with Crippen LogP contribution < -0.4 is 5.32 Å². The minimum atomic E-state index is 0.380. The second kappa shape index (κ2) is 6.80. The summed E-state index contributed by atoms with van der Waals surface area (Å²) in [6.45, 7) is 1.88. The molecule has 2 heterocycles. The molecule has 7 heteroatoms. The molecule has 0 saturated heterocycles. The van der Waals surface area contributed by atoms with Crippen LogP contribution in [0.5, 0.6) is 0 Å². The van der Waals surface area contributed by atoms with Crippen LogP contribution in [0.2, 0.25) is 0 Å². The van der Waals surface area contributed by atoms with E-state index in [0.717, 1.165) is 28.8 Å². The summed E-state index contributed by atoms with van der Waals surface area (Å²) in [6.07, 6.45) is 6.11. The molecule has 0 bridgehead atoms. The van der Waals surface area contributed by atoms with Gasteiger partial charge < -0.3 is 5.32 Å². The lowest BCUT2D eigenvalue weighted by molar-refractivity contribution is 0.112. The fraction of sp³-hybridized carbons (Fsp3) is 0.0500. The van der Waals surface area contributed by atoms with Gasteiger partial charge in [0.2, 0.25) is 0 Å². The molecule has 0 spiro atoms. The molecule has 0 amide bonds. The zero-order chi connectivity index (χ0) is 18.8. The van der Waals surface area contributed by atoms with Crippen molar-refractivity contribution in [3.8, 4) is 11.3 Å². The predicted octanol–water partition coefficient (Wildman–Crippen LogP) is 4.66. The van der Waals surface area contributed by atoms with Crippen molar-refractivity contribution in [3.63, 3.8) is 0 Å². The van der Waals surface area contributed by atoms with Gasteiger partial charge in [-0.15, -0.1) is 4.91 Å². The van der Waals surface area contributed by atoms with E-state index < -0.39 is 0 Å². The maximum absolute atomic E-state index is 11.0. The number of aromatic nitrogens is 3. The fourth-order valence-electron chi connectivity index (χ4n) is 2.94. The fourth-order valence-corrected chi connectivity index (χ4v) is 2.94. The van der Waals surface area contributed by atoms with Crippen LogP contribution in [0.15, 0.2) is 66.2 Å². The molecule has 2 aromatic carbocycles. The van der Waals surface area contributed by atoms with Gasteiger partial charge >= 0.3 is 0 Å². The smallest absolute Gasteiger partial charge is 0.180 e. The second-order valence-corrected chi connectivity index (χ2v) is 6.07. The van der Waals surface area contributed by atoms with Crippen molar-refractivity contribution in [1.82, 2.24) is 14.4 Å². The molecule has 0 fully saturated rings. The van der Waals surface area contributed by atoms with Gasteiger partial charge in [0.15, 0.2) is 11.5 Å². The lowest BCUT2D eigenvalue weighted by atomic mass is 10.1. The van der Waals surface area contributed by atoms with E-state index in [9.17, 15) is 9.70 Å². The Morgan fingerprint density at radius 1 is 1.11 bits per heavy atom. The lowest BCUT2D eigenvalue weighted by Gasteiger charge is -2.09. The number of benzene rings is 2. The highest BCUT2D eigenvalue weighted by molar-refractivity contribution is 5.80. The minimum Gasteiger partial charge on any atom is -0.337 e. The Labute approximate surface area is 154 Å². The summed E-state index contributed by atoms with van der Waals surface area (Å²) in [4.78, 5) is 30.5. The van der Waals surface area contributed by atoms with Gasteiger partial charge in [-0.05, 0) is 48.0 Å². The van der Waals surface area contributed by atoms with Crippen LogP contribution in [0.1, 0.15) is 15.9 Å². The van der Waals surface area contributed by atoms with Crippen molar-refractivity contribution in [3.05, 3.63) is 77.1 Å². The largest absolute Gasteiger partial charge is 0.337 e. The first-order valence-electron chi connectivity index (χ1n) is 8.28. The van der Waals surface area contributed by atoms with Crippen molar-refractivity contribution in [2.75, 3.05) is 5.32 Å². The van der Waals surface area contributed by atoms with Crippen molar-refractivity contribution in [2.45, 2.75) is 6.92 Å². The Balaban J connectivity index is 1.72. The molecule has 7 nitrogen and oxygen atoms in total. The predicted molar refractivity (Wildman–Crippen MR) is 104 cm³/mol. The normalized spacial score (nSPS) is 10.7. The number of anilines is 2. The summed E-state index contributed by atoms with van der Waals surface area (Å²) in [5.41, 5.74) is 5.20. The van der Waals surface area contributed by atoms with Gasteiger partial charge in [-0.25, -0.2) is 9.97 Å². The Kier molecular flexibility index (Phi) is 4.18. The molecule has 4 rings (SSSR count). The van der Waals surface area contributed by atoms with Crippen molar-refractivity contribution < 1.29 is 4.79 Å². The molecule has 0 saturated carbocycles. The number of imidazole rings is 1. The Hall–Kier alpha value is -3.87. The zero-order valence-electron chi connectivity index (χ0n) is 14.5. The monoisotopic (exact) mass is 357 g/mol. The van der Waals surface area contributed by atoms with E-state index in [2.05, 4.69) is 20.5 Å². The van der Waals surface area contributed by atoms with Crippen LogP contribution in [0.4, 0.5) is 17.2 Å². The van der Waals surface area contributed by atoms with Gasteiger partial charge in [-0.1, -0.05) is 12.1 Å². The van der Waals surface area contributed by atoms with Gasteiger partial charge in [0.25, 0.3) is 0 Å². The number of aldehydes is 1. The first kappa shape index (κ1) is 16.6. The summed E-state index contributed by atoms with van der Waals surface area (Å²) in [5, 5.41) is 6.18. The first-order valence-corrected chi connectivity index (χ1v) is 8.28. The van der Waals surface area contributed by atoms with E-state index >= 15 is 0 Å². The molecule has 0 aliphatic rings. The van der Waals surface area contributed by atoms with Gasteiger partial charge in [0.05, 0.1) is 11.9 Å². The average Bonchev–Trinajstić information content (AvgIpc) is 3.13. The summed E-state index contributed by atoms with van der Waals surface area (Å²) in [5.74, 6) is 0.605. The van der Waals surface area contributed by atoms with E-state index in [1.54, 1.807) is 30.6 Å². The molecule has 27 heavy (non-hydrogen) atoms. The third-order valence-electron chi connectivity index (χ3n) is 4.36. The molecule has 0 aliphatic heterocycles. The topological polar surface area (TPSA) is 88.7 Å². The number of carbonyl (C=O) groups excluding carboxylic acids is 1. The number of nitrogens with one attached hydrogen (secondary N) is 1. The maximum Gasteiger partial charge on any atom is 0.180 e. The van der Waals surface area contributed by atoms with Crippen LogP contribution in [-0.2, 0) is 0 Å². The van der Waals surface area contributed by atoms with E-state index in [4.69, 9.17) is 0 Å².